The topological polar surface area (TPSA) is 216 Å². The van der Waals surface area contributed by atoms with E-state index >= 15 is 0 Å². The van der Waals surface area contributed by atoms with Crippen LogP contribution in [0.2, 0.25) is 0 Å². The molecule has 0 radical (unpaired) electrons. The Balaban J connectivity index is 1.01. The van der Waals surface area contributed by atoms with Crippen LogP contribution < -0.4 is 10.5 Å². The smallest absolute Gasteiger partial charge is 0.351 e. The molecule has 3 aliphatic heterocycles. The molecule has 0 saturated carbocycles. The van der Waals surface area contributed by atoms with Crippen molar-refractivity contribution in [2.24, 2.45) is 0 Å². The highest BCUT2D eigenvalue weighted by atomic mass is 16.7. The monoisotopic (exact) mass is 794 g/mol. The number of carbonyl (C=O) groups is 5. The minimum Gasteiger partial charge on any atom is -0.506 e. The van der Waals surface area contributed by atoms with E-state index in [9.17, 15) is 33.9 Å². The number of esters is 4. The summed E-state index contributed by atoms with van der Waals surface area (Å²) in [7, 11) is 0. The van der Waals surface area contributed by atoms with Crippen LogP contribution in [0, 0.1) is 0 Å². The van der Waals surface area contributed by atoms with Gasteiger partial charge < -0.3 is 38.1 Å². The molecule has 1 fully saturated rings. The van der Waals surface area contributed by atoms with Gasteiger partial charge in [-0.05, 0) is 56.6 Å². The summed E-state index contributed by atoms with van der Waals surface area (Å²) in [4.78, 5) is 76.5. The first-order valence-corrected chi connectivity index (χ1v) is 19.7. The molecule has 6 rings (SSSR count). The number of unbranched alkanes of at least 4 members (excludes halogenated alkanes) is 5. The number of anilines is 1. The van der Waals surface area contributed by atoms with Crippen molar-refractivity contribution in [1.29, 1.82) is 0 Å². The van der Waals surface area contributed by atoms with Crippen molar-refractivity contribution < 1.29 is 57.2 Å². The van der Waals surface area contributed by atoms with Crippen LogP contribution in [-0.4, -0.2) is 93.9 Å². The third kappa shape index (κ3) is 9.63. The largest absolute Gasteiger partial charge is 0.506 e. The Morgan fingerprint density at radius 3 is 2.19 bits per heavy atom. The lowest BCUT2D eigenvalue weighted by molar-refractivity contribution is -0.270. The van der Waals surface area contributed by atoms with Gasteiger partial charge in [-0.3, -0.25) is 24.0 Å². The van der Waals surface area contributed by atoms with Crippen molar-refractivity contribution in [2.75, 3.05) is 24.6 Å². The Morgan fingerprint density at radius 1 is 0.842 bits per heavy atom. The van der Waals surface area contributed by atoms with E-state index in [0.29, 0.717) is 29.5 Å². The zero-order valence-corrected chi connectivity index (χ0v) is 32.8. The number of ether oxygens (including phenoxy) is 5. The molecule has 0 unspecified atom stereocenters. The second-order valence-electron chi connectivity index (χ2n) is 14.9. The maximum absolute atomic E-state index is 13.2. The van der Waals surface area contributed by atoms with E-state index in [1.807, 2.05) is 6.07 Å². The van der Waals surface area contributed by atoms with Crippen LogP contribution in [0.25, 0.3) is 11.0 Å². The molecule has 3 aromatic rings. The average molecular weight is 795 g/mol. The van der Waals surface area contributed by atoms with Gasteiger partial charge in [-0.2, -0.15) is 0 Å². The Bertz CT molecular complexity index is 2060. The van der Waals surface area contributed by atoms with Crippen molar-refractivity contribution in [1.82, 2.24) is 15.0 Å². The maximum Gasteiger partial charge on any atom is 0.351 e. The van der Waals surface area contributed by atoms with Gasteiger partial charge in [0.2, 0.25) is 0 Å². The molecule has 0 aliphatic carbocycles. The molecule has 57 heavy (non-hydrogen) atoms. The molecule has 5 atom stereocenters. The van der Waals surface area contributed by atoms with E-state index in [1.165, 1.54) is 18.5 Å². The highest BCUT2D eigenvalue weighted by molar-refractivity contribution is 6.04. The molecule has 1 N–H and O–H groups in total. The molecule has 0 spiro atoms. The van der Waals surface area contributed by atoms with E-state index < -0.39 is 65.9 Å². The number of ketones is 1. The van der Waals surface area contributed by atoms with Gasteiger partial charge in [0, 0.05) is 58.5 Å². The van der Waals surface area contributed by atoms with E-state index in [1.54, 1.807) is 6.20 Å². The van der Waals surface area contributed by atoms with Gasteiger partial charge in [-0.25, -0.2) is 9.48 Å². The lowest BCUT2D eigenvalue weighted by Gasteiger charge is -2.44. The van der Waals surface area contributed by atoms with Crippen LogP contribution in [0.1, 0.15) is 119 Å². The van der Waals surface area contributed by atoms with Crippen molar-refractivity contribution in [3.8, 4) is 5.75 Å². The van der Waals surface area contributed by atoms with Crippen molar-refractivity contribution >= 4 is 46.3 Å². The molecule has 0 amide bonds. The maximum atomic E-state index is 13.2. The zero-order chi connectivity index (χ0) is 40.8. The second kappa shape index (κ2) is 18.3. The van der Waals surface area contributed by atoms with Gasteiger partial charge in [0.15, 0.2) is 30.3 Å². The van der Waals surface area contributed by atoms with Crippen LogP contribution in [0.4, 0.5) is 5.69 Å². The summed E-state index contributed by atoms with van der Waals surface area (Å²) in [6.45, 7) is 6.24. The fourth-order valence-electron chi connectivity index (χ4n) is 8.14. The van der Waals surface area contributed by atoms with Gasteiger partial charge >= 0.3 is 29.5 Å². The van der Waals surface area contributed by atoms with Crippen LogP contribution in [-0.2, 0) is 62.1 Å². The van der Waals surface area contributed by atoms with Gasteiger partial charge in [0.05, 0.1) is 17.3 Å². The zero-order valence-electron chi connectivity index (χ0n) is 32.8. The Hall–Kier alpha value is -5.32. The Labute approximate surface area is 328 Å². The van der Waals surface area contributed by atoms with Crippen molar-refractivity contribution in [3.63, 3.8) is 0 Å². The van der Waals surface area contributed by atoms with Crippen molar-refractivity contribution in [3.05, 3.63) is 45.1 Å². The van der Waals surface area contributed by atoms with E-state index in [-0.39, 0.29) is 24.3 Å². The Morgan fingerprint density at radius 2 is 1.49 bits per heavy atom. The lowest BCUT2D eigenvalue weighted by Crippen LogP contribution is -2.60. The summed E-state index contributed by atoms with van der Waals surface area (Å²) in [6, 6.07) is 1.89. The molecule has 1 aromatic carbocycles. The van der Waals surface area contributed by atoms with Crippen molar-refractivity contribution in [2.45, 2.75) is 135 Å². The first kappa shape index (κ1) is 41.3. The summed E-state index contributed by atoms with van der Waals surface area (Å²) in [6.07, 6.45) is 4.41. The van der Waals surface area contributed by atoms with Crippen LogP contribution >= 0.6 is 0 Å². The number of hydrogen-bond donors (Lipinski definition) is 1. The molecular weight excluding hydrogens is 744 g/mol. The minimum absolute atomic E-state index is 0.123. The summed E-state index contributed by atoms with van der Waals surface area (Å²) in [5.74, 6) is -3.49. The predicted octanol–water partition coefficient (Wildman–Crippen LogP) is 4.20. The molecular formula is C40H50N4O13. The fraction of sp³-hybridized carbons (Fsp3) is 0.600. The standard InChI is InChI=1S/C40H50N4O13/c1-22(45)52-21-31-36(53-23(2)46)37(54-24(3)47)38(55-25(4)48)39(56-31)44-20-27(41-42-44)14-9-7-5-6-8-10-16-30(49)32-34(50)29-19-26-13-11-17-43-18-12-15-28(33(26)43)35(29)57-40(32)51/h19-20,31,36-39,50H,5-18,21H2,1-4H3/t31-,36-,37+,38-,39-/m1/s1. The molecule has 17 nitrogen and oxygen atoms in total. The number of nitrogens with zero attached hydrogens (tertiary/aromatic N) is 4. The molecule has 308 valence electrons. The van der Waals surface area contributed by atoms with Gasteiger partial charge in [0.1, 0.15) is 29.6 Å². The van der Waals surface area contributed by atoms with Crippen LogP contribution in [0.15, 0.2) is 21.5 Å². The van der Waals surface area contributed by atoms with Gasteiger partial charge in [0.25, 0.3) is 0 Å². The molecule has 3 aliphatic rings. The van der Waals surface area contributed by atoms with E-state index in [4.69, 9.17) is 28.1 Å². The summed E-state index contributed by atoms with van der Waals surface area (Å²) >= 11 is 0. The summed E-state index contributed by atoms with van der Waals surface area (Å²) < 4.78 is 34.8. The number of hydrogen-bond acceptors (Lipinski definition) is 16. The quantitative estimate of drug-likeness (QED) is 0.0707. The van der Waals surface area contributed by atoms with E-state index in [0.717, 1.165) is 102 Å². The number of benzene rings is 1. The van der Waals surface area contributed by atoms with Gasteiger partial charge in [-0.1, -0.05) is 30.9 Å². The summed E-state index contributed by atoms with van der Waals surface area (Å²) in [5.41, 5.74) is 3.14. The fourth-order valence-corrected chi connectivity index (χ4v) is 8.14. The third-order valence-corrected chi connectivity index (χ3v) is 10.5. The lowest BCUT2D eigenvalue weighted by atomic mass is 9.89. The summed E-state index contributed by atoms with van der Waals surface area (Å²) in [5, 5.41) is 20.0. The molecule has 0 bridgehead atoms. The highest BCUT2D eigenvalue weighted by Gasteiger charge is 2.53. The first-order valence-electron chi connectivity index (χ1n) is 19.7. The second-order valence-corrected chi connectivity index (χ2v) is 14.9. The molecule has 2 aromatic heterocycles. The number of carbonyl (C=O) groups excluding carboxylic acids is 5. The van der Waals surface area contributed by atoms with Gasteiger partial charge in [-0.15, -0.1) is 5.10 Å². The first-order chi connectivity index (χ1) is 27.3. The third-order valence-electron chi connectivity index (χ3n) is 10.5. The predicted molar refractivity (Wildman–Crippen MR) is 201 cm³/mol. The Kier molecular flexibility index (Phi) is 13.3. The SMILES string of the molecule is CC(=O)OC[C@H]1O[C@@H](n2cc(CCCCCCCCC(=O)c3c(O)c4cc5c6c(c4oc3=O)CCCN6CCC5)nn2)[C@H](OC(C)=O)[C@@H](OC(C)=O)[C@@H]1OC(C)=O. The number of aromatic nitrogens is 3. The normalized spacial score (nSPS) is 21.4. The highest BCUT2D eigenvalue weighted by Crippen LogP contribution is 2.42. The number of aromatic hydroxyl groups is 1. The number of Topliss-reactive ketones (excluding diaryl/α,β-unsaturated/α-hetero) is 1. The van der Waals surface area contributed by atoms with Crippen LogP contribution in [0.3, 0.4) is 0 Å². The number of fused-ring (bicyclic) bond motifs is 2. The van der Waals surface area contributed by atoms with Crippen LogP contribution in [0.5, 0.6) is 5.75 Å². The van der Waals surface area contributed by atoms with E-state index in [2.05, 4.69) is 15.2 Å². The molecule has 17 heteroatoms. The number of aryl methyl sites for hydroxylation is 3. The minimum atomic E-state index is -1.32. The molecule has 5 heterocycles. The number of rotatable bonds is 16. The molecule has 1 saturated heterocycles. The average Bonchev–Trinajstić information content (AvgIpc) is 3.62.